The quantitative estimate of drug-likeness (QED) is 0.525. The van der Waals surface area contributed by atoms with Gasteiger partial charge in [0.1, 0.15) is 0 Å². The predicted octanol–water partition coefficient (Wildman–Crippen LogP) is 1.58. The second-order valence-electron chi connectivity index (χ2n) is 3.84. The average molecular weight is 222 g/mol. The van der Waals surface area contributed by atoms with Gasteiger partial charge in [0.25, 0.3) is 0 Å². The van der Waals surface area contributed by atoms with Crippen molar-refractivity contribution in [2.45, 2.75) is 26.2 Å². The minimum absolute atomic E-state index is 0. The average Bonchev–Trinajstić information content (AvgIpc) is 2.29. The Labute approximate surface area is 88.7 Å². The molecule has 5 heteroatoms. The van der Waals surface area contributed by atoms with Crippen molar-refractivity contribution in [2.75, 3.05) is 0 Å². The molecule has 1 rings (SSSR count). The van der Waals surface area contributed by atoms with Crippen LogP contribution in [0.15, 0.2) is 10.5 Å². The summed E-state index contributed by atoms with van der Waals surface area (Å²) < 4.78 is 2.03. The molecule has 0 aliphatic heterocycles. The largest absolute Gasteiger partial charge is 0.322 e. The zero-order chi connectivity index (χ0) is 9.35. The van der Waals surface area contributed by atoms with Crippen LogP contribution in [0.3, 0.4) is 0 Å². The minimum atomic E-state index is 0. The molecule has 0 radical (unpaired) electrons. The monoisotopic (exact) mass is 221 g/mol. The van der Waals surface area contributed by atoms with Crippen LogP contribution in [-0.4, -0.2) is 4.57 Å². The molecule has 13 heavy (non-hydrogen) atoms. The number of hydrogen-bond acceptors (Lipinski definition) is 3. The normalized spacial score (nSPS) is 12.8. The van der Waals surface area contributed by atoms with E-state index in [0.29, 0.717) is 0 Å². The van der Waals surface area contributed by atoms with Crippen LogP contribution in [0.5, 0.6) is 0 Å². The first-order chi connectivity index (χ1) is 5.46. The van der Waals surface area contributed by atoms with E-state index >= 15 is 0 Å². The van der Waals surface area contributed by atoms with E-state index < -0.39 is 0 Å². The van der Waals surface area contributed by atoms with Crippen molar-refractivity contribution in [3.05, 3.63) is 15.9 Å². The molecule has 1 aromatic rings. The molecule has 0 aromatic carbocycles. The minimum Gasteiger partial charge on any atom is -0.322 e. The molecule has 0 fully saturated rings. The lowest BCUT2D eigenvalue weighted by Crippen LogP contribution is -2.22. The summed E-state index contributed by atoms with van der Waals surface area (Å²) in [6.07, 6.45) is 0. The van der Waals surface area contributed by atoms with Gasteiger partial charge in [0.2, 0.25) is 4.80 Å². The SMILES string of the molecule is Cl.Cn1c(C(C)(C)C)csc1=NN. The lowest BCUT2D eigenvalue weighted by atomic mass is 9.93. The molecule has 0 amide bonds. The van der Waals surface area contributed by atoms with Crippen molar-refractivity contribution in [2.24, 2.45) is 18.0 Å². The Morgan fingerprint density at radius 3 is 2.23 bits per heavy atom. The highest BCUT2D eigenvalue weighted by atomic mass is 35.5. The van der Waals surface area contributed by atoms with E-state index in [1.54, 1.807) is 11.3 Å². The molecular formula is C8H16ClN3S. The Morgan fingerprint density at radius 2 is 2.00 bits per heavy atom. The van der Waals surface area contributed by atoms with Gasteiger partial charge in [-0.05, 0) is 0 Å². The van der Waals surface area contributed by atoms with E-state index in [0.717, 1.165) is 4.80 Å². The molecule has 0 atom stereocenters. The van der Waals surface area contributed by atoms with Crippen molar-refractivity contribution >= 4 is 23.7 Å². The van der Waals surface area contributed by atoms with Crippen LogP contribution in [0.4, 0.5) is 0 Å². The predicted molar refractivity (Wildman–Crippen MR) is 59.0 cm³/mol. The van der Waals surface area contributed by atoms with Gasteiger partial charge in [0.15, 0.2) is 0 Å². The van der Waals surface area contributed by atoms with E-state index in [1.807, 2.05) is 11.6 Å². The Balaban J connectivity index is 0.00000144. The molecule has 0 unspecified atom stereocenters. The van der Waals surface area contributed by atoms with Gasteiger partial charge >= 0.3 is 0 Å². The maximum atomic E-state index is 5.22. The summed E-state index contributed by atoms with van der Waals surface area (Å²) in [6, 6.07) is 0. The third-order valence-electron chi connectivity index (χ3n) is 1.80. The second kappa shape index (κ2) is 4.15. The van der Waals surface area contributed by atoms with Crippen LogP contribution in [0, 0.1) is 0 Å². The van der Waals surface area contributed by atoms with Gasteiger partial charge in [-0.25, -0.2) is 0 Å². The van der Waals surface area contributed by atoms with Gasteiger partial charge in [0.05, 0.1) is 0 Å². The van der Waals surface area contributed by atoms with Crippen LogP contribution in [0.1, 0.15) is 26.5 Å². The molecule has 3 nitrogen and oxygen atoms in total. The fraction of sp³-hybridized carbons (Fsp3) is 0.625. The highest BCUT2D eigenvalue weighted by Gasteiger charge is 2.17. The maximum Gasteiger partial charge on any atom is 0.207 e. The van der Waals surface area contributed by atoms with Crippen LogP contribution in [0.25, 0.3) is 0 Å². The Kier molecular flexibility index (Phi) is 4.00. The number of hydrogen-bond donors (Lipinski definition) is 1. The Morgan fingerprint density at radius 1 is 1.46 bits per heavy atom. The van der Waals surface area contributed by atoms with Gasteiger partial charge in [0, 0.05) is 23.5 Å². The number of aromatic nitrogens is 1. The summed E-state index contributed by atoms with van der Waals surface area (Å²) in [6.45, 7) is 6.53. The molecule has 0 aliphatic rings. The molecule has 0 spiro atoms. The smallest absolute Gasteiger partial charge is 0.207 e. The van der Waals surface area contributed by atoms with E-state index in [1.165, 1.54) is 5.69 Å². The zero-order valence-electron chi connectivity index (χ0n) is 8.37. The fourth-order valence-electron chi connectivity index (χ4n) is 1.17. The number of rotatable bonds is 0. The van der Waals surface area contributed by atoms with Gasteiger partial charge in [-0.2, -0.15) is 5.10 Å². The number of halogens is 1. The van der Waals surface area contributed by atoms with Gasteiger partial charge < -0.3 is 10.4 Å². The molecule has 1 heterocycles. The van der Waals surface area contributed by atoms with E-state index in [4.69, 9.17) is 5.84 Å². The Hall–Kier alpha value is -0.480. The molecule has 0 bridgehead atoms. The van der Waals surface area contributed by atoms with Gasteiger partial charge in [-0.3, -0.25) is 0 Å². The van der Waals surface area contributed by atoms with Crippen LogP contribution >= 0.6 is 23.7 Å². The molecule has 1 aromatic heterocycles. The summed E-state index contributed by atoms with van der Waals surface area (Å²) in [4.78, 5) is 0.861. The maximum absolute atomic E-state index is 5.22. The molecule has 0 aliphatic carbocycles. The summed E-state index contributed by atoms with van der Waals surface area (Å²) >= 11 is 1.57. The van der Waals surface area contributed by atoms with Crippen molar-refractivity contribution in [3.8, 4) is 0 Å². The van der Waals surface area contributed by atoms with Crippen molar-refractivity contribution in [1.29, 1.82) is 0 Å². The standard InChI is InChI=1S/C8H15N3S.ClH/c1-8(2,3)6-5-12-7(10-9)11(6)4;/h5H,9H2,1-4H3;1H. The fourth-order valence-corrected chi connectivity index (χ4v) is 2.21. The Bertz CT molecular complexity index is 332. The van der Waals surface area contributed by atoms with Crippen LogP contribution in [-0.2, 0) is 12.5 Å². The molecule has 0 saturated heterocycles. The molecule has 0 saturated carbocycles. The number of thiazole rings is 1. The third-order valence-corrected chi connectivity index (χ3v) is 2.73. The third kappa shape index (κ3) is 2.48. The molecule has 2 N–H and O–H groups in total. The first-order valence-electron chi connectivity index (χ1n) is 3.85. The lowest BCUT2D eigenvalue weighted by Gasteiger charge is -2.18. The number of nitrogens with two attached hydrogens (primary N) is 1. The van der Waals surface area contributed by atoms with Crippen molar-refractivity contribution < 1.29 is 0 Å². The zero-order valence-corrected chi connectivity index (χ0v) is 10.00. The first-order valence-corrected chi connectivity index (χ1v) is 4.73. The highest BCUT2D eigenvalue weighted by molar-refractivity contribution is 7.07. The number of nitrogens with zero attached hydrogens (tertiary/aromatic N) is 2. The van der Waals surface area contributed by atoms with Gasteiger partial charge in [-0.15, -0.1) is 23.7 Å². The van der Waals surface area contributed by atoms with E-state index in [-0.39, 0.29) is 17.8 Å². The summed E-state index contributed by atoms with van der Waals surface area (Å²) in [5.74, 6) is 5.22. The van der Waals surface area contributed by atoms with Gasteiger partial charge in [-0.1, -0.05) is 20.8 Å². The lowest BCUT2D eigenvalue weighted by molar-refractivity contribution is 0.537. The summed E-state index contributed by atoms with van der Waals surface area (Å²) in [5, 5.41) is 5.79. The first kappa shape index (κ1) is 12.5. The van der Waals surface area contributed by atoms with Crippen molar-refractivity contribution in [1.82, 2.24) is 4.57 Å². The van der Waals surface area contributed by atoms with Crippen molar-refractivity contribution in [3.63, 3.8) is 0 Å². The van der Waals surface area contributed by atoms with Crippen LogP contribution in [0.2, 0.25) is 0 Å². The molecular weight excluding hydrogens is 206 g/mol. The highest BCUT2D eigenvalue weighted by Crippen LogP contribution is 2.21. The van der Waals surface area contributed by atoms with E-state index in [9.17, 15) is 0 Å². The second-order valence-corrected chi connectivity index (χ2v) is 4.68. The molecule has 76 valence electrons. The van der Waals surface area contributed by atoms with Crippen LogP contribution < -0.4 is 10.6 Å². The topological polar surface area (TPSA) is 43.3 Å². The van der Waals surface area contributed by atoms with E-state index in [2.05, 4.69) is 31.3 Å². The summed E-state index contributed by atoms with van der Waals surface area (Å²) in [7, 11) is 1.99. The summed E-state index contributed by atoms with van der Waals surface area (Å²) in [5.41, 5.74) is 1.42.